The van der Waals surface area contributed by atoms with Crippen molar-refractivity contribution < 1.29 is 33.4 Å². The molecule has 0 radical (unpaired) electrons. The van der Waals surface area contributed by atoms with Crippen molar-refractivity contribution >= 4 is 23.9 Å². The SMILES string of the molecule is CCCCC1=C(C(=O)OC)CC(C(C(=O)OCC)C(=O)OCC)NC(=O)N1. The summed E-state index contributed by atoms with van der Waals surface area (Å²) in [5, 5.41) is 5.20. The zero-order chi connectivity index (χ0) is 20.4. The summed E-state index contributed by atoms with van der Waals surface area (Å²) in [6, 6.07) is -1.61. The maximum atomic E-state index is 12.4. The average Bonchev–Trinajstić information content (AvgIpc) is 2.78. The summed E-state index contributed by atoms with van der Waals surface area (Å²) in [6.07, 6.45) is 2.01. The van der Waals surface area contributed by atoms with Crippen molar-refractivity contribution in [2.75, 3.05) is 20.3 Å². The molecule has 0 saturated heterocycles. The maximum absolute atomic E-state index is 12.4. The van der Waals surface area contributed by atoms with Gasteiger partial charge in [-0.2, -0.15) is 0 Å². The number of hydrogen-bond acceptors (Lipinski definition) is 7. The number of carbonyl (C=O) groups excluding carboxylic acids is 4. The number of nitrogens with one attached hydrogen (secondary N) is 2. The number of hydrogen-bond donors (Lipinski definition) is 2. The van der Waals surface area contributed by atoms with E-state index in [4.69, 9.17) is 14.2 Å². The van der Waals surface area contributed by atoms with Crippen LogP contribution in [0.4, 0.5) is 4.79 Å². The van der Waals surface area contributed by atoms with Gasteiger partial charge >= 0.3 is 23.9 Å². The van der Waals surface area contributed by atoms with Crippen LogP contribution in [-0.4, -0.2) is 50.3 Å². The van der Waals surface area contributed by atoms with E-state index in [2.05, 4.69) is 10.6 Å². The molecule has 1 aliphatic heterocycles. The minimum Gasteiger partial charge on any atom is -0.466 e. The quantitative estimate of drug-likeness (QED) is 0.350. The van der Waals surface area contributed by atoms with Crippen molar-refractivity contribution in [2.45, 2.75) is 52.5 Å². The van der Waals surface area contributed by atoms with Gasteiger partial charge in [-0.15, -0.1) is 0 Å². The first-order valence-electron chi connectivity index (χ1n) is 9.10. The zero-order valence-electron chi connectivity index (χ0n) is 16.3. The summed E-state index contributed by atoms with van der Waals surface area (Å²) >= 11 is 0. The first-order valence-corrected chi connectivity index (χ1v) is 9.10. The van der Waals surface area contributed by atoms with Gasteiger partial charge in [-0.25, -0.2) is 9.59 Å². The summed E-state index contributed by atoms with van der Waals surface area (Å²) in [4.78, 5) is 49.2. The van der Waals surface area contributed by atoms with Crippen LogP contribution in [-0.2, 0) is 28.6 Å². The Bertz CT molecular complexity index is 583. The molecule has 1 atom stereocenters. The van der Waals surface area contributed by atoms with E-state index in [9.17, 15) is 19.2 Å². The van der Waals surface area contributed by atoms with E-state index in [1.54, 1.807) is 13.8 Å². The summed E-state index contributed by atoms with van der Waals surface area (Å²) in [5.41, 5.74) is 0.642. The molecule has 1 heterocycles. The molecule has 0 fully saturated rings. The molecule has 0 aliphatic carbocycles. The Hall–Kier alpha value is -2.58. The highest BCUT2D eigenvalue weighted by Gasteiger charge is 2.41. The number of esters is 3. The van der Waals surface area contributed by atoms with Crippen LogP contribution < -0.4 is 10.6 Å². The van der Waals surface area contributed by atoms with E-state index < -0.39 is 35.9 Å². The molecule has 1 aliphatic rings. The monoisotopic (exact) mass is 384 g/mol. The second-order valence-corrected chi connectivity index (χ2v) is 5.94. The summed E-state index contributed by atoms with van der Waals surface area (Å²) in [6.45, 7) is 5.33. The summed E-state index contributed by atoms with van der Waals surface area (Å²) in [7, 11) is 1.23. The van der Waals surface area contributed by atoms with E-state index in [1.807, 2.05) is 6.92 Å². The predicted octanol–water partition coefficient (Wildman–Crippen LogP) is 1.42. The third-order valence-electron chi connectivity index (χ3n) is 4.06. The van der Waals surface area contributed by atoms with Gasteiger partial charge in [-0.3, -0.25) is 9.59 Å². The Morgan fingerprint density at radius 2 is 1.70 bits per heavy atom. The number of carbonyl (C=O) groups is 4. The van der Waals surface area contributed by atoms with Gasteiger partial charge in [0.05, 0.1) is 31.9 Å². The highest BCUT2D eigenvalue weighted by molar-refractivity contribution is 5.98. The van der Waals surface area contributed by atoms with Gasteiger partial charge in [0.25, 0.3) is 0 Å². The fourth-order valence-electron chi connectivity index (χ4n) is 2.80. The molecular weight excluding hydrogens is 356 g/mol. The van der Waals surface area contributed by atoms with Gasteiger partial charge in [-0.05, 0) is 26.7 Å². The van der Waals surface area contributed by atoms with Crippen LogP contribution in [0, 0.1) is 5.92 Å². The second-order valence-electron chi connectivity index (χ2n) is 5.94. The van der Waals surface area contributed by atoms with Crippen molar-refractivity contribution in [3.8, 4) is 0 Å². The number of ether oxygens (including phenoxy) is 3. The fraction of sp³-hybridized carbons (Fsp3) is 0.667. The lowest BCUT2D eigenvalue weighted by atomic mass is 9.92. The lowest BCUT2D eigenvalue weighted by Crippen LogP contribution is -2.49. The normalized spacial score (nSPS) is 16.9. The smallest absolute Gasteiger partial charge is 0.335 e. The number of allylic oxidation sites excluding steroid dienone is 1. The largest absolute Gasteiger partial charge is 0.466 e. The molecule has 0 aromatic carbocycles. The van der Waals surface area contributed by atoms with Crippen LogP contribution in [0.25, 0.3) is 0 Å². The minimum atomic E-state index is -1.39. The summed E-state index contributed by atoms with van der Waals surface area (Å²) in [5.74, 6) is -3.65. The topological polar surface area (TPSA) is 120 Å². The number of unbranched alkanes of at least 4 members (excludes halogenated alkanes) is 1. The van der Waals surface area contributed by atoms with Gasteiger partial charge in [0, 0.05) is 12.1 Å². The third kappa shape index (κ3) is 6.26. The summed E-state index contributed by atoms with van der Waals surface area (Å²) < 4.78 is 14.8. The van der Waals surface area contributed by atoms with Gasteiger partial charge in [0.2, 0.25) is 0 Å². The number of amides is 2. The maximum Gasteiger partial charge on any atom is 0.335 e. The molecule has 0 spiro atoms. The molecule has 152 valence electrons. The molecular formula is C18H28N2O7. The molecule has 2 amide bonds. The van der Waals surface area contributed by atoms with E-state index >= 15 is 0 Å². The molecule has 0 bridgehead atoms. The highest BCUT2D eigenvalue weighted by atomic mass is 16.6. The third-order valence-corrected chi connectivity index (χ3v) is 4.06. The second kappa shape index (κ2) is 11.2. The van der Waals surface area contributed by atoms with Gasteiger partial charge in [0.15, 0.2) is 5.92 Å². The molecule has 1 rings (SSSR count). The fourth-order valence-corrected chi connectivity index (χ4v) is 2.80. The van der Waals surface area contributed by atoms with Crippen molar-refractivity contribution in [2.24, 2.45) is 5.92 Å². The molecule has 1 unspecified atom stereocenters. The molecule has 0 aromatic heterocycles. The van der Waals surface area contributed by atoms with E-state index in [0.717, 1.165) is 12.8 Å². The van der Waals surface area contributed by atoms with Crippen molar-refractivity contribution in [1.29, 1.82) is 0 Å². The Kier molecular flexibility index (Phi) is 9.32. The molecule has 9 nitrogen and oxygen atoms in total. The first kappa shape index (κ1) is 22.5. The standard InChI is InChI=1S/C18H28N2O7/c1-5-8-9-12-11(15(21)25-4)10-13(20-18(24)19-12)14(16(22)26-6-2)17(23)27-7-3/h13-14H,5-10H2,1-4H3,(H2,19,20,24). The van der Waals surface area contributed by atoms with Crippen molar-refractivity contribution in [1.82, 2.24) is 10.6 Å². The average molecular weight is 384 g/mol. The van der Waals surface area contributed by atoms with Crippen LogP contribution in [0.5, 0.6) is 0 Å². The Morgan fingerprint density at radius 3 is 2.19 bits per heavy atom. The van der Waals surface area contributed by atoms with Crippen LogP contribution in [0.1, 0.15) is 46.5 Å². The van der Waals surface area contributed by atoms with Crippen LogP contribution in [0.15, 0.2) is 11.3 Å². The number of rotatable bonds is 9. The molecule has 9 heteroatoms. The van der Waals surface area contributed by atoms with Crippen LogP contribution in [0.2, 0.25) is 0 Å². The molecule has 27 heavy (non-hydrogen) atoms. The predicted molar refractivity (Wildman–Crippen MR) is 95.4 cm³/mol. The van der Waals surface area contributed by atoms with Crippen molar-refractivity contribution in [3.63, 3.8) is 0 Å². The Balaban J connectivity index is 3.28. The van der Waals surface area contributed by atoms with E-state index in [1.165, 1.54) is 7.11 Å². The molecule has 0 saturated carbocycles. The van der Waals surface area contributed by atoms with Crippen LogP contribution >= 0.6 is 0 Å². The first-order chi connectivity index (χ1) is 12.9. The zero-order valence-corrected chi connectivity index (χ0v) is 16.3. The van der Waals surface area contributed by atoms with Gasteiger partial charge in [-0.1, -0.05) is 13.3 Å². The number of urea groups is 1. The van der Waals surface area contributed by atoms with E-state index in [-0.39, 0.29) is 25.2 Å². The minimum absolute atomic E-state index is 0.0627. The molecule has 0 aromatic rings. The van der Waals surface area contributed by atoms with Crippen molar-refractivity contribution in [3.05, 3.63) is 11.3 Å². The lowest BCUT2D eigenvalue weighted by molar-refractivity contribution is -0.163. The van der Waals surface area contributed by atoms with Crippen LogP contribution in [0.3, 0.4) is 0 Å². The Labute approximate surface area is 158 Å². The van der Waals surface area contributed by atoms with Gasteiger partial charge in [0.1, 0.15) is 0 Å². The van der Waals surface area contributed by atoms with E-state index in [0.29, 0.717) is 12.1 Å². The highest BCUT2D eigenvalue weighted by Crippen LogP contribution is 2.24. The van der Waals surface area contributed by atoms with Gasteiger partial charge < -0.3 is 24.8 Å². The Morgan fingerprint density at radius 1 is 1.11 bits per heavy atom. The number of methoxy groups -OCH3 is 1. The molecule has 2 N–H and O–H groups in total. The lowest BCUT2D eigenvalue weighted by Gasteiger charge is -2.23.